The Morgan fingerprint density at radius 1 is 1.42 bits per heavy atom. The Labute approximate surface area is 84.3 Å². The Bertz CT molecular complexity index is 259. The predicted octanol–water partition coefficient (Wildman–Crippen LogP) is 3.09. The normalized spacial score (nSPS) is 12.0. The molecule has 1 rings (SSSR count). The average Bonchev–Trinajstić information content (AvgIpc) is 1.94. The highest BCUT2D eigenvalue weighted by atomic mass is 35.5. The van der Waals surface area contributed by atoms with Gasteiger partial charge in [-0.3, -0.25) is 0 Å². The van der Waals surface area contributed by atoms with Crippen molar-refractivity contribution in [2.45, 2.75) is 19.9 Å². The van der Waals surface area contributed by atoms with Gasteiger partial charge in [0.05, 0.1) is 0 Å². The van der Waals surface area contributed by atoms with Crippen LogP contribution in [0.5, 0.6) is 0 Å². The highest BCUT2D eigenvalue weighted by Crippen LogP contribution is 2.19. The van der Waals surface area contributed by atoms with E-state index >= 15 is 0 Å². The molecule has 1 nitrogen and oxygen atoms in total. The Balaban J connectivity index is 0.00000121. The van der Waals surface area contributed by atoms with Crippen LogP contribution in [0.25, 0.3) is 0 Å². The van der Waals surface area contributed by atoms with E-state index in [9.17, 15) is 0 Å². The Morgan fingerprint density at radius 2 is 2.00 bits per heavy atom. The van der Waals surface area contributed by atoms with Crippen LogP contribution in [0, 0.1) is 6.92 Å². The number of nitrogens with two attached hydrogens (primary N) is 1. The van der Waals surface area contributed by atoms with Crippen molar-refractivity contribution in [2.75, 3.05) is 0 Å². The zero-order valence-electron chi connectivity index (χ0n) is 7.17. The third-order valence-electron chi connectivity index (χ3n) is 1.73. The fourth-order valence-corrected chi connectivity index (χ4v) is 1.28. The van der Waals surface area contributed by atoms with Crippen molar-refractivity contribution in [2.24, 2.45) is 5.73 Å². The molecule has 0 aromatic heterocycles. The van der Waals surface area contributed by atoms with E-state index in [0.29, 0.717) is 0 Å². The van der Waals surface area contributed by atoms with E-state index in [1.54, 1.807) is 0 Å². The van der Waals surface area contributed by atoms with Crippen molar-refractivity contribution < 1.29 is 0 Å². The lowest BCUT2D eigenvalue weighted by Crippen LogP contribution is -2.06. The summed E-state index contributed by atoms with van der Waals surface area (Å²) in [7, 11) is 0. The molecule has 0 amide bonds. The monoisotopic (exact) mass is 205 g/mol. The fraction of sp³-hybridized carbons (Fsp3) is 0.333. The molecule has 1 aromatic carbocycles. The summed E-state index contributed by atoms with van der Waals surface area (Å²) in [5.41, 5.74) is 8.05. The first-order valence-electron chi connectivity index (χ1n) is 3.63. The molecule has 0 saturated carbocycles. The maximum atomic E-state index is 5.81. The molecule has 0 bridgehead atoms. The van der Waals surface area contributed by atoms with Crippen molar-refractivity contribution in [3.8, 4) is 0 Å². The van der Waals surface area contributed by atoms with Gasteiger partial charge in [-0.25, -0.2) is 0 Å². The van der Waals surface area contributed by atoms with Crippen molar-refractivity contribution in [1.82, 2.24) is 0 Å². The molecule has 1 unspecified atom stereocenters. The Morgan fingerprint density at radius 3 is 2.42 bits per heavy atom. The van der Waals surface area contributed by atoms with Crippen LogP contribution in [0.1, 0.15) is 24.1 Å². The SMILES string of the molecule is Cc1ccc(Cl)cc1C(C)N.Cl. The first-order chi connectivity index (χ1) is 5.11. The van der Waals surface area contributed by atoms with E-state index in [4.69, 9.17) is 17.3 Å². The molecule has 68 valence electrons. The van der Waals surface area contributed by atoms with E-state index in [0.717, 1.165) is 10.6 Å². The maximum absolute atomic E-state index is 5.81. The molecule has 1 atom stereocenters. The molecular weight excluding hydrogens is 193 g/mol. The fourth-order valence-electron chi connectivity index (χ4n) is 1.10. The second kappa shape index (κ2) is 4.70. The maximum Gasteiger partial charge on any atom is 0.0409 e. The van der Waals surface area contributed by atoms with E-state index in [2.05, 4.69) is 0 Å². The number of aryl methyl sites for hydroxylation is 1. The van der Waals surface area contributed by atoms with E-state index < -0.39 is 0 Å². The second-order valence-corrected chi connectivity index (χ2v) is 3.23. The zero-order valence-corrected chi connectivity index (χ0v) is 8.75. The van der Waals surface area contributed by atoms with Gasteiger partial charge in [-0.15, -0.1) is 12.4 Å². The minimum atomic E-state index is 0. The molecule has 1 aromatic rings. The van der Waals surface area contributed by atoms with E-state index in [-0.39, 0.29) is 18.4 Å². The van der Waals surface area contributed by atoms with E-state index in [1.807, 2.05) is 32.0 Å². The van der Waals surface area contributed by atoms with Crippen molar-refractivity contribution >= 4 is 24.0 Å². The first kappa shape index (κ1) is 11.8. The van der Waals surface area contributed by atoms with Crippen LogP contribution in [-0.2, 0) is 0 Å². The summed E-state index contributed by atoms with van der Waals surface area (Å²) in [5, 5.41) is 0.753. The van der Waals surface area contributed by atoms with E-state index in [1.165, 1.54) is 5.56 Å². The first-order valence-corrected chi connectivity index (χ1v) is 4.00. The average molecular weight is 206 g/mol. The van der Waals surface area contributed by atoms with Crippen LogP contribution in [0.3, 0.4) is 0 Å². The number of hydrogen-bond donors (Lipinski definition) is 1. The van der Waals surface area contributed by atoms with Gasteiger partial charge in [0.2, 0.25) is 0 Å². The molecule has 0 aliphatic rings. The lowest BCUT2D eigenvalue weighted by atomic mass is 10.0. The van der Waals surface area contributed by atoms with Gasteiger partial charge in [-0.1, -0.05) is 17.7 Å². The standard InChI is InChI=1S/C9H12ClN.ClH/c1-6-3-4-8(10)5-9(6)7(2)11;/h3-5,7H,11H2,1-2H3;1H. The third kappa shape index (κ3) is 2.67. The number of halogens is 2. The van der Waals surface area contributed by atoms with Gasteiger partial charge >= 0.3 is 0 Å². The lowest BCUT2D eigenvalue weighted by Gasteiger charge is -2.09. The van der Waals surface area contributed by atoms with Gasteiger partial charge in [0.15, 0.2) is 0 Å². The van der Waals surface area contributed by atoms with Gasteiger partial charge in [0, 0.05) is 11.1 Å². The van der Waals surface area contributed by atoms with Crippen LogP contribution in [0.2, 0.25) is 5.02 Å². The van der Waals surface area contributed by atoms with Crippen LogP contribution < -0.4 is 5.73 Å². The zero-order chi connectivity index (χ0) is 8.43. The van der Waals surface area contributed by atoms with Gasteiger partial charge in [-0.2, -0.15) is 0 Å². The molecule has 0 aliphatic carbocycles. The van der Waals surface area contributed by atoms with Crippen LogP contribution >= 0.6 is 24.0 Å². The number of hydrogen-bond acceptors (Lipinski definition) is 1. The summed E-state index contributed by atoms with van der Waals surface area (Å²) in [6, 6.07) is 5.85. The molecule has 0 spiro atoms. The summed E-state index contributed by atoms with van der Waals surface area (Å²) >= 11 is 5.81. The highest BCUT2D eigenvalue weighted by molar-refractivity contribution is 6.30. The molecule has 0 aliphatic heterocycles. The number of benzene rings is 1. The Hall–Kier alpha value is -0.240. The third-order valence-corrected chi connectivity index (χ3v) is 1.97. The van der Waals surface area contributed by atoms with Gasteiger partial charge in [-0.05, 0) is 37.1 Å². The molecule has 2 N–H and O–H groups in total. The van der Waals surface area contributed by atoms with Crippen molar-refractivity contribution in [3.63, 3.8) is 0 Å². The molecule has 0 saturated heterocycles. The highest BCUT2D eigenvalue weighted by Gasteiger charge is 2.02. The van der Waals surface area contributed by atoms with Gasteiger partial charge < -0.3 is 5.73 Å². The van der Waals surface area contributed by atoms with Crippen LogP contribution in [0.15, 0.2) is 18.2 Å². The summed E-state index contributed by atoms with van der Waals surface area (Å²) in [5.74, 6) is 0. The molecule has 0 heterocycles. The smallest absolute Gasteiger partial charge is 0.0409 e. The molecule has 3 heteroatoms. The van der Waals surface area contributed by atoms with Crippen molar-refractivity contribution in [3.05, 3.63) is 34.3 Å². The summed E-state index contributed by atoms with van der Waals surface area (Å²) in [6.45, 7) is 3.99. The van der Waals surface area contributed by atoms with Crippen LogP contribution in [0.4, 0.5) is 0 Å². The largest absolute Gasteiger partial charge is 0.324 e. The second-order valence-electron chi connectivity index (χ2n) is 2.79. The minimum Gasteiger partial charge on any atom is -0.324 e. The quantitative estimate of drug-likeness (QED) is 0.750. The van der Waals surface area contributed by atoms with Crippen LogP contribution in [-0.4, -0.2) is 0 Å². The molecular formula is C9H13Cl2N. The summed E-state index contributed by atoms with van der Waals surface area (Å²) < 4.78 is 0. The predicted molar refractivity (Wildman–Crippen MR) is 56.0 cm³/mol. The lowest BCUT2D eigenvalue weighted by molar-refractivity contribution is 0.810. The van der Waals surface area contributed by atoms with Crippen molar-refractivity contribution in [1.29, 1.82) is 0 Å². The molecule has 0 radical (unpaired) electrons. The van der Waals surface area contributed by atoms with Gasteiger partial charge in [0.25, 0.3) is 0 Å². The summed E-state index contributed by atoms with van der Waals surface area (Å²) in [4.78, 5) is 0. The summed E-state index contributed by atoms with van der Waals surface area (Å²) in [6.07, 6.45) is 0. The minimum absolute atomic E-state index is 0. The van der Waals surface area contributed by atoms with Gasteiger partial charge in [0.1, 0.15) is 0 Å². The Kier molecular flexibility index (Phi) is 4.61. The topological polar surface area (TPSA) is 26.0 Å². The molecule has 0 fully saturated rings. The number of rotatable bonds is 1. The molecule has 12 heavy (non-hydrogen) atoms.